The van der Waals surface area contributed by atoms with E-state index in [-0.39, 0.29) is 17.7 Å². The Balaban J connectivity index is 1.80. The topological polar surface area (TPSA) is 67.2 Å². The molecule has 0 radical (unpaired) electrons. The molecule has 1 atom stereocenters. The summed E-state index contributed by atoms with van der Waals surface area (Å²) in [7, 11) is 1.93. The number of rotatable bonds is 2. The molecule has 104 valence electrons. The van der Waals surface area contributed by atoms with Crippen LogP contribution in [0.5, 0.6) is 5.75 Å². The van der Waals surface area contributed by atoms with E-state index in [1.54, 1.807) is 18.2 Å². The van der Waals surface area contributed by atoms with E-state index in [2.05, 4.69) is 10.4 Å². The number of aromatic nitrogens is 2. The second-order valence-electron chi connectivity index (χ2n) is 5.14. The minimum atomic E-state index is -0.164. The predicted octanol–water partition coefficient (Wildman–Crippen LogP) is 1.93. The summed E-state index contributed by atoms with van der Waals surface area (Å²) in [6.45, 7) is 0. The van der Waals surface area contributed by atoms with Crippen LogP contribution in [-0.2, 0) is 13.5 Å². The second kappa shape index (κ2) is 5.00. The van der Waals surface area contributed by atoms with Crippen LogP contribution in [-0.4, -0.2) is 20.8 Å². The Morgan fingerprint density at radius 1 is 1.50 bits per heavy atom. The number of phenols is 1. The number of phenolic OH excluding ortho intramolecular Hbond substituents is 1. The molecule has 0 saturated carbocycles. The number of hydrogen-bond donors (Lipinski definition) is 2. The van der Waals surface area contributed by atoms with Crippen LogP contribution >= 0.6 is 0 Å². The van der Waals surface area contributed by atoms with Crippen molar-refractivity contribution in [2.45, 2.75) is 25.3 Å². The van der Waals surface area contributed by atoms with Gasteiger partial charge in [0.15, 0.2) is 0 Å². The lowest BCUT2D eigenvalue weighted by Gasteiger charge is -2.23. The quantitative estimate of drug-likeness (QED) is 0.877. The number of aryl methyl sites for hydroxylation is 1. The van der Waals surface area contributed by atoms with Crippen molar-refractivity contribution in [1.82, 2.24) is 15.1 Å². The molecule has 5 heteroatoms. The molecule has 1 amide bonds. The van der Waals surface area contributed by atoms with Crippen molar-refractivity contribution in [2.75, 3.05) is 0 Å². The van der Waals surface area contributed by atoms with Gasteiger partial charge in [0.05, 0.1) is 12.2 Å². The van der Waals surface area contributed by atoms with Crippen molar-refractivity contribution in [1.29, 1.82) is 0 Å². The van der Waals surface area contributed by atoms with Crippen LogP contribution in [0.25, 0.3) is 0 Å². The number of benzene rings is 1. The van der Waals surface area contributed by atoms with Gasteiger partial charge in [-0.2, -0.15) is 5.10 Å². The first-order valence-corrected chi connectivity index (χ1v) is 6.76. The fraction of sp³-hybridized carbons (Fsp3) is 0.333. The Morgan fingerprint density at radius 2 is 2.35 bits per heavy atom. The van der Waals surface area contributed by atoms with Crippen molar-refractivity contribution < 1.29 is 9.90 Å². The molecule has 2 aromatic rings. The largest absolute Gasteiger partial charge is 0.508 e. The summed E-state index contributed by atoms with van der Waals surface area (Å²) in [5.74, 6) is -0.0639. The molecule has 1 aromatic heterocycles. The first kappa shape index (κ1) is 12.7. The number of nitrogens with zero attached hydrogens (tertiary/aromatic N) is 2. The molecule has 3 rings (SSSR count). The Kier molecular flexibility index (Phi) is 3.18. The van der Waals surface area contributed by atoms with Crippen LogP contribution in [0.4, 0.5) is 0 Å². The van der Waals surface area contributed by atoms with Crippen molar-refractivity contribution in [3.63, 3.8) is 0 Å². The summed E-state index contributed by atoms with van der Waals surface area (Å²) >= 11 is 0. The van der Waals surface area contributed by atoms with Crippen LogP contribution in [0.3, 0.4) is 0 Å². The Bertz CT molecular complexity index is 648. The Hall–Kier alpha value is -2.30. The van der Waals surface area contributed by atoms with Gasteiger partial charge in [-0.25, -0.2) is 0 Å². The van der Waals surface area contributed by atoms with Gasteiger partial charge in [-0.1, -0.05) is 6.07 Å². The first-order chi connectivity index (χ1) is 9.65. The smallest absolute Gasteiger partial charge is 0.251 e. The molecule has 1 heterocycles. The summed E-state index contributed by atoms with van der Waals surface area (Å²) in [6, 6.07) is 6.39. The third kappa shape index (κ3) is 2.27. The van der Waals surface area contributed by atoms with E-state index in [9.17, 15) is 9.90 Å². The molecule has 1 aliphatic carbocycles. The average molecular weight is 271 g/mol. The number of aromatic hydroxyl groups is 1. The van der Waals surface area contributed by atoms with Gasteiger partial charge in [-0.05, 0) is 37.5 Å². The van der Waals surface area contributed by atoms with Gasteiger partial charge in [0, 0.05) is 23.9 Å². The van der Waals surface area contributed by atoms with Crippen molar-refractivity contribution in [2.24, 2.45) is 7.05 Å². The van der Waals surface area contributed by atoms with Gasteiger partial charge in [-0.3, -0.25) is 9.48 Å². The zero-order chi connectivity index (χ0) is 14.1. The second-order valence-corrected chi connectivity index (χ2v) is 5.14. The molecule has 5 nitrogen and oxygen atoms in total. The van der Waals surface area contributed by atoms with Crippen molar-refractivity contribution in [3.05, 3.63) is 47.3 Å². The summed E-state index contributed by atoms with van der Waals surface area (Å²) in [4.78, 5) is 12.2. The van der Waals surface area contributed by atoms with E-state index in [0.717, 1.165) is 24.8 Å². The minimum Gasteiger partial charge on any atom is -0.508 e. The lowest BCUT2D eigenvalue weighted by Crippen LogP contribution is -2.30. The molecule has 0 fully saturated rings. The van der Waals surface area contributed by atoms with Crippen molar-refractivity contribution in [3.8, 4) is 5.75 Å². The summed E-state index contributed by atoms with van der Waals surface area (Å²) < 4.78 is 1.88. The maximum Gasteiger partial charge on any atom is 0.251 e. The third-order valence-corrected chi connectivity index (χ3v) is 3.79. The molecule has 0 saturated heterocycles. The zero-order valence-electron chi connectivity index (χ0n) is 11.3. The summed E-state index contributed by atoms with van der Waals surface area (Å²) in [5, 5.41) is 16.7. The normalized spacial score (nSPS) is 17.6. The minimum absolute atomic E-state index is 0.00213. The van der Waals surface area contributed by atoms with Gasteiger partial charge in [0.25, 0.3) is 5.91 Å². The standard InChI is InChI=1S/C15H17N3O2/c1-18-14-7-3-6-13(12(14)9-16-18)17-15(20)10-4-2-5-11(19)8-10/h2,4-5,8-9,13,19H,3,6-7H2,1H3,(H,17,20). The van der Waals surface area contributed by atoms with Gasteiger partial charge in [0.2, 0.25) is 0 Å². The SMILES string of the molecule is Cn1ncc2c1CCCC2NC(=O)c1cccc(O)c1. The lowest BCUT2D eigenvalue weighted by molar-refractivity contribution is 0.0932. The highest BCUT2D eigenvalue weighted by atomic mass is 16.3. The fourth-order valence-electron chi connectivity index (χ4n) is 2.74. The number of hydrogen-bond acceptors (Lipinski definition) is 3. The van der Waals surface area contributed by atoms with Gasteiger partial charge < -0.3 is 10.4 Å². The number of fused-ring (bicyclic) bond motifs is 1. The molecule has 0 bridgehead atoms. The molecule has 0 spiro atoms. The summed E-state index contributed by atoms with van der Waals surface area (Å²) in [6.07, 6.45) is 4.80. The van der Waals surface area contributed by atoms with Crippen LogP contribution in [0.15, 0.2) is 30.5 Å². The molecule has 2 N–H and O–H groups in total. The van der Waals surface area contributed by atoms with Gasteiger partial charge in [0.1, 0.15) is 5.75 Å². The maximum atomic E-state index is 12.2. The lowest BCUT2D eigenvalue weighted by atomic mass is 9.93. The molecular weight excluding hydrogens is 254 g/mol. The Labute approximate surface area is 117 Å². The molecule has 1 unspecified atom stereocenters. The van der Waals surface area contributed by atoms with Gasteiger partial charge >= 0.3 is 0 Å². The molecule has 20 heavy (non-hydrogen) atoms. The predicted molar refractivity (Wildman–Crippen MR) is 74.5 cm³/mol. The number of amides is 1. The van der Waals surface area contributed by atoms with Crippen LogP contribution < -0.4 is 5.32 Å². The van der Waals surface area contributed by atoms with E-state index >= 15 is 0 Å². The zero-order valence-corrected chi connectivity index (χ0v) is 11.3. The first-order valence-electron chi connectivity index (χ1n) is 6.76. The average Bonchev–Trinajstić information content (AvgIpc) is 2.82. The van der Waals surface area contributed by atoms with E-state index in [1.807, 2.05) is 17.9 Å². The highest BCUT2D eigenvalue weighted by Gasteiger charge is 2.25. The highest BCUT2D eigenvalue weighted by molar-refractivity contribution is 5.94. The van der Waals surface area contributed by atoms with Crippen molar-refractivity contribution >= 4 is 5.91 Å². The number of carbonyl (C=O) groups is 1. The van der Waals surface area contributed by atoms with Crippen LogP contribution in [0.2, 0.25) is 0 Å². The molecule has 0 aliphatic heterocycles. The monoisotopic (exact) mass is 271 g/mol. The van der Waals surface area contributed by atoms with Crippen LogP contribution in [0, 0.1) is 0 Å². The van der Waals surface area contributed by atoms with E-state index in [1.165, 1.54) is 11.8 Å². The summed E-state index contributed by atoms with van der Waals surface area (Å²) in [5.41, 5.74) is 2.77. The number of nitrogens with one attached hydrogen (secondary N) is 1. The van der Waals surface area contributed by atoms with Crippen LogP contribution in [0.1, 0.15) is 40.5 Å². The Morgan fingerprint density at radius 3 is 3.15 bits per heavy atom. The number of carbonyl (C=O) groups excluding carboxylic acids is 1. The molecular formula is C15H17N3O2. The highest BCUT2D eigenvalue weighted by Crippen LogP contribution is 2.29. The van der Waals surface area contributed by atoms with E-state index in [0.29, 0.717) is 5.56 Å². The van der Waals surface area contributed by atoms with E-state index in [4.69, 9.17) is 0 Å². The maximum absolute atomic E-state index is 12.2. The van der Waals surface area contributed by atoms with E-state index < -0.39 is 0 Å². The fourth-order valence-corrected chi connectivity index (χ4v) is 2.74. The molecule has 1 aromatic carbocycles. The van der Waals surface area contributed by atoms with Gasteiger partial charge in [-0.15, -0.1) is 0 Å². The molecule has 1 aliphatic rings. The third-order valence-electron chi connectivity index (χ3n) is 3.79.